The van der Waals surface area contributed by atoms with E-state index < -0.39 is 0 Å². The van der Waals surface area contributed by atoms with E-state index in [2.05, 4.69) is 43.0 Å². The van der Waals surface area contributed by atoms with Crippen LogP contribution in [0.25, 0.3) is 11.3 Å². The predicted molar refractivity (Wildman–Crippen MR) is 110 cm³/mol. The average molecular weight is 440 g/mol. The molecule has 2 heterocycles. The van der Waals surface area contributed by atoms with Crippen LogP contribution in [0.15, 0.2) is 87.9 Å². The summed E-state index contributed by atoms with van der Waals surface area (Å²) in [5, 5.41) is 2.10. The van der Waals surface area contributed by atoms with Gasteiger partial charge < -0.3 is 4.57 Å². The second kappa shape index (κ2) is 7.98. The zero-order valence-electron chi connectivity index (χ0n) is 14.2. The van der Waals surface area contributed by atoms with Gasteiger partial charge in [0, 0.05) is 21.6 Å². The van der Waals surface area contributed by atoms with E-state index in [9.17, 15) is 4.39 Å². The molecule has 4 aromatic rings. The number of hydrogen-bond donors (Lipinski definition) is 0. The van der Waals surface area contributed by atoms with Crippen LogP contribution >= 0.6 is 27.3 Å². The highest BCUT2D eigenvalue weighted by molar-refractivity contribution is 9.10. The van der Waals surface area contributed by atoms with Crippen LogP contribution in [0.5, 0.6) is 0 Å². The Hall–Kier alpha value is -2.57. The minimum absolute atomic E-state index is 0.235. The Bertz CT molecular complexity index is 1120. The van der Waals surface area contributed by atoms with Crippen molar-refractivity contribution in [3.8, 4) is 11.3 Å². The minimum atomic E-state index is -0.235. The van der Waals surface area contributed by atoms with E-state index in [0.29, 0.717) is 6.54 Å². The molecule has 0 aliphatic heterocycles. The van der Waals surface area contributed by atoms with Crippen molar-refractivity contribution in [1.82, 2.24) is 9.55 Å². The van der Waals surface area contributed by atoms with Crippen LogP contribution in [0.1, 0.15) is 5.56 Å². The Balaban J connectivity index is 1.84. The van der Waals surface area contributed by atoms with Gasteiger partial charge >= 0.3 is 0 Å². The van der Waals surface area contributed by atoms with E-state index in [1.165, 1.54) is 12.1 Å². The van der Waals surface area contributed by atoms with Crippen molar-refractivity contribution in [3.63, 3.8) is 0 Å². The van der Waals surface area contributed by atoms with E-state index in [1.807, 2.05) is 24.3 Å². The van der Waals surface area contributed by atoms with E-state index in [4.69, 9.17) is 4.99 Å². The van der Waals surface area contributed by atoms with Gasteiger partial charge in [-0.05, 0) is 42.0 Å². The average Bonchev–Trinajstić information content (AvgIpc) is 3.07. The summed E-state index contributed by atoms with van der Waals surface area (Å²) in [6, 6.07) is 18.5. The van der Waals surface area contributed by atoms with Crippen LogP contribution in [0.3, 0.4) is 0 Å². The second-order valence-corrected chi connectivity index (χ2v) is 7.70. The Morgan fingerprint density at radius 3 is 2.67 bits per heavy atom. The van der Waals surface area contributed by atoms with Gasteiger partial charge in [0.1, 0.15) is 5.82 Å². The molecule has 2 aromatic carbocycles. The number of hydrogen-bond acceptors (Lipinski definition) is 3. The number of aromatic nitrogens is 2. The molecule has 6 heteroatoms. The predicted octanol–water partition coefficient (Wildman–Crippen LogP) is 5.79. The van der Waals surface area contributed by atoms with E-state index in [-0.39, 0.29) is 5.82 Å². The third-order valence-corrected chi connectivity index (χ3v) is 5.40. The highest BCUT2D eigenvalue weighted by Gasteiger charge is 2.10. The summed E-state index contributed by atoms with van der Waals surface area (Å²) in [7, 11) is 0. The maximum Gasteiger partial charge on any atom is 0.190 e. The first-order valence-electron chi connectivity index (χ1n) is 8.32. The van der Waals surface area contributed by atoms with Crippen molar-refractivity contribution < 1.29 is 4.39 Å². The Kier molecular flexibility index (Phi) is 5.27. The molecule has 0 fully saturated rings. The van der Waals surface area contributed by atoms with Gasteiger partial charge in [0.25, 0.3) is 0 Å². The van der Waals surface area contributed by atoms with Crippen molar-refractivity contribution in [3.05, 3.63) is 99.1 Å². The molecule has 0 bridgehead atoms. The number of pyridine rings is 1. The molecule has 134 valence electrons. The maximum absolute atomic E-state index is 13.3. The molecular weight excluding hydrogens is 425 g/mol. The summed E-state index contributed by atoms with van der Waals surface area (Å²) in [5.41, 5.74) is 3.97. The van der Waals surface area contributed by atoms with Gasteiger partial charge in [-0.2, -0.15) is 0 Å². The molecule has 4 rings (SSSR count). The fraction of sp³-hybridized carbons (Fsp3) is 0.0476. The first kappa shape index (κ1) is 17.8. The standard InChI is InChI=1S/C21H15BrFN3S/c22-17-4-1-3-16(11-17)20-14-27-21(25-19-5-2-10-24-12-19)26(20)13-15-6-8-18(23)9-7-15/h1-12,14H,13H2. The van der Waals surface area contributed by atoms with Crippen molar-refractivity contribution >= 4 is 33.0 Å². The zero-order chi connectivity index (χ0) is 18.6. The monoisotopic (exact) mass is 439 g/mol. The van der Waals surface area contributed by atoms with Gasteiger partial charge in [-0.15, -0.1) is 11.3 Å². The van der Waals surface area contributed by atoms with Crippen molar-refractivity contribution in [2.45, 2.75) is 6.54 Å². The van der Waals surface area contributed by atoms with E-state index >= 15 is 0 Å². The first-order chi connectivity index (χ1) is 13.2. The summed E-state index contributed by atoms with van der Waals surface area (Å²) < 4.78 is 16.4. The van der Waals surface area contributed by atoms with Crippen molar-refractivity contribution in [1.29, 1.82) is 0 Å². The maximum atomic E-state index is 13.3. The molecule has 0 spiro atoms. The quantitative estimate of drug-likeness (QED) is 0.395. The normalized spacial score (nSPS) is 11.7. The SMILES string of the molecule is Fc1ccc(Cn2c(-c3cccc(Br)c3)csc2=Nc2cccnc2)cc1. The highest BCUT2D eigenvalue weighted by Crippen LogP contribution is 2.25. The molecular formula is C21H15BrFN3S. The third kappa shape index (κ3) is 4.23. The van der Waals surface area contributed by atoms with Gasteiger partial charge in [0.05, 0.1) is 24.1 Å². The molecule has 3 nitrogen and oxygen atoms in total. The number of benzene rings is 2. The fourth-order valence-corrected chi connectivity index (χ4v) is 4.08. The van der Waals surface area contributed by atoms with Crippen LogP contribution < -0.4 is 4.80 Å². The van der Waals surface area contributed by atoms with E-state index in [1.54, 1.807) is 35.9 Å². The Labute approximate surface area is 168 Å². The first-order valence-corrected chi connectivity index (χ1v) is 10.00. The lowest BCUT2D eigenvalue weighted by Gasteiger charge is -2.10. The lowest BCUT2D eigenvalue weighted by molar-refractivity contribution is 0.626. The molecule has 2 aromatic heterocycles. The van der Waals surface area contributed by atoms with Crippen LogP contribution in [0.4, 0.5) is 10.1 Å². The molecule has 0 aliphatic rings. The largest absolute Gasteiger partial charge is 0.312 e. The Morgan fingerprint density at radius 1 is 1.07 bits per heavy atom. The molecule has 0 radical (unpaired) electrons. The number of thiazole rings is 1. The molecule has 0 atom stereocenters. The van der Waals surface area contributed by atoms with Crippen LogP contribution in [0, 0.1) is 5.82 Å². The van der Waals surface area contributed by atoms with Crippen LogP contribution in [0.2, 0.25) is 0 Å². The summed E-state index contributed by atoms with van der Waals surface area (Å²) >= 11 is 5.11. The lowest BCUT2D eigenvalue weighted by Crippen LogP contribution is -2.16. The van der Waals surface area contributed by atoms with Crippen molar-refractivity contribution in [2.75, 3.05) is 0 Å². The minimum Gasteiger partial charge on any atom is -0.312 e. The van der Waals surface area contributed by atoms with Crippen LogP contribution in [-0.2, 0) is 6.54 Å². The summed E-state index contributed by atoms with van der Waals surface area (Å²) in [6.45, 7) is 0.602. The van der Waals surface area contributed by atoms with Gasteiger partial charge in [-0.3, -0.25) is 4.98 Å². The van der Waals surface area contributed by atoms with Gasteiger partial charge in [0.2, 0.25) is 0 Å². The highest BCUT2D eigenvalue weighted by atomic mass is 79.9. The molecule has 27 heavy (non-hydrogen) atoms. The molecule has 0 unspecified atom stereocenters. The number of rotatable bonds is 4. The summed E-state index contributed by atoms with van der Waals surface area (Å²) in [5.74, 6) is -0.235. The zero-order valence-corrected chi connectivity index (χ0v) is 16.6. The molecule has 0 N–H and O–H groups in total. The number of halogens is 2. The van der Waals surface area contributed by atoms with Crippen LogP contribution in [-0.4, -0.2) is 9.55 Å². The molecule has 0 amide bonds. The lowest BCUT2D eigenvalue weighted by atomic mass is 10.1. The molecule has 0 aliphatic carbocycles. The smallest absolute Gasteiger partial charge is 0.190 e. The fourth-order valence-electron chi connectivity index (χ4n) is 2.75. The second-order valence-electron chi connectivity index (χ2n) is 5.95. The molecule has 0 saturated carbocycles. The van der Waals surface area contributed by atoms with Gasteiger partial charge in [0.15, 0.2) is 4.80 Å². The topological polar surface area (TPSA) is 30.2 Å². The summed E-state index contributed by atoms with van der Waals surface area (Å²) in [4.78, 5) is 9.75. The molecule has 0 saturated heterocycles. The summed E-state index contributed by atoms with van der Waals surface area (Å²) in [6.07, 6.45) is 3.47. The number of nitrogens with zero attached hydrogens (tertiary/aromatic N) is 3. The van der Waals surface area contributed by atoms with Crippen molar-refractivity contribution in [2.24, 2.45) is 4.99 Å². The van der Waals surface area contributed by atoms with Gasteiger partial charge in [-0.25, -0.2) is 9.38 Å². The Morgan fingerprint density at radius 2 is 1.93 bits per heavy atom. The third-order valence-electron chi connectivity index (χ3n) is 4.04. The van der Waals surface area contributed by atoms with Gasteiger partial charge in [-0.1, -0.05) is 40.2 Å². The van der Waals surface area contributed by atoms with E-state index in [0.717, 1.165) is 31.8 Å².